The van der Waals surface area contributed by atoms with Gasteiger partial charge in [0.1, 0.15) is 0 Å². The van der Waals surface area contributed by atoms with E-state index >= 15 is 0 Å². The van der Waals surface area contributed by atoms with Crippen molar-refractivity contribution in [3.05, 3.63) is 28.3 Å². The van der Waals surface area contributed by atoms with Crippen LogP contribution < -0.4 is 10.0 Å². The maximum Gasteiger partial charge on any atom is 0.332 e. The molecule has 1 aromatic carbocycles. The third-order valence-electron chi connectivity index (χ3n) is 6.43. The number of carbonyl (C=O) groups excluding carboxylic acids is 2. The quantitative estimate of drug-likeness (QED) is 0.784. The number of hydrogen-bond acceptors (Lipinski definition) is 4. The molecule has 1 aromatic rings. The highest BCUT2D eigenvalue weighted by Crippen LogP contribution is 2.42. The molecule has 0 bridgehead atoms. The fourth-order valence-corrected chi connectivity index (χ4v) is 6.29. The fourth-order valence-electron chi connectivity index (χ4n) is 4.69. The van der Waals surface area contributed by atoms with Gasteiger partial charge in [0.15, 0.2) is 0 Å². The number of nitrogens with zero attached hydrogens (tertiary/aromatic N) is 1. The van der Waals surface area contributed by atoms with Crippen LogP contribution in [0.25, 0.3) is 0 Å². The smallest absolute Gasteiger partial charge is 0.332 e. The molecule has 3 aliphatic carbocycles. The second-order valence-electron chi connectivity index (χ2n) is 8.35. The monoisotopic (exact) mass is 405 g/mol. The Hall–Kier alpha value is -2.09. The molecular formula is C20H27N3O4S. The Morgan fingerprint density at radius 2 is 1.64 bits per heavy atom. The summed E-state index contributed by atoms with van der Waals surface area (Å²) in [5, 5.41) is 2.85. The van der Waals surface area contributed by atoms with E-state index in [1.165, 1.54) is 23.0 Å². The number of rotatable bonds is 5. The van der Waals surface area contributed by atoms with Gasteiger partial charge in [0, 0.05) is 19.7 Å². The standard InChI is InChI=1S/C20H27N3O4S/c1-13(24)23(2)20(9-10-20)12-28(26,27)22-19(25)21-18-16-7-3-5-14(16)11-15-6-4-8-17(15)18/h11H,3-10,12H2,1-2H3,(H2,21,22,25). The van der Waals surface area contributed by atoms with Crippen molar-refractivity contribution in [3.63, 3.8) is 0 Å². The number of urea groups is 1. The van der Waals surface area contributed by atoms with Crippen LogP contribution in [0.4, 0.5) is 10.5 Å². The predicted molar refractivity (Wildman–Crippen MR) is 107 cm³/mol. The number of hydrogen-bond donors (Lipinski definition) is 2. The lowest BCUT2D eigenvalue weighted by atomic mass is 9.99. The Morgan fingerprint density at radius 1 is 1.07 bits per heavy atom. The number of carbonyl (C=O) groups is 2. The average Bonchev–Trinajstić information content (AvgIpc) is 3.03. The highest BCUT2D eigenvalue weighted by Gasteiger charge is 2.51. The molecule has 7 nitrogen and oxygen atoms in total. The topological polar surface area (TPSA) is 95.6 Å². The molecular weight excluding hydrogens is 378 g/mol. The van der Waals surface area contributed by atoms with E-state index in [-0.39, 0.29) is 11.7 Å². The van der Waals surface area contributed by atoms with Gasteiger partial charge in [-0.15, -0.1) is 0 Å². The van der Waals surface area contributed by atoms with Gasteiger partial charge in [-0.2, -0.15) is 0 Å². The van der Waals surface area contributed by atoms with Gasteiger partial charge in [-0.25, -0.2) is 17.9 Å². The first-order valence-corrected chi connectivity index (χ1v) is 11.6. The molecule has 0 saturated heterocycles. The second kappa shape index (κ2) is 6.76. The molecule has 152 valence electrons. The largest absolute Gasteiger partial charge is 0.339 e. The lowest BCUT2D eigenvalue weighted by Gasteiger charge is -2.26. The number of fused-ring (bicyclic) bond motifs is 2. The van der Waals surface area contributed by atoms with Gasteiger partial charge in [-0.05, 0) is 73.6 Å². The highest BCUT2D eigenvalue weighted by molar-refractivity contribution is 7.90. The van der Waals surface area contributed by atoms with Gasteiger partial charge < -0.3 is 10.2 Å². The van der Waals surface area contributed by atoms with Crippen LogP contribution in [0.2, 0.25) is 0 Å². The lowest BCUT2D eigenvalue weighted by molar-refractivity contribution is -0.129. The van der Waals surface area contributed by atoms with Crippen molar-refractivity contribution in [3.8, 4) is 0 Å². The molecule has 4 rings (SSSR count). The molecule has 0 spiro atoms. The van der Waals surface area contributed by atoms with E-state index in [0.29, 0.717) is 12.8 Å². The zero-order chi connectivity index (χ0) is 20.1. The molecule has 1 saturated carbocycles. The maximum atomic E-state index is 12.6. The number of benzene rings is 1. The van der Waals surface area contributed by atoms with Gasteiger partial charge in [-0.1, -0.05) is 6.07 Å². The minimum absolute atomic E-state index is 0.174. The number of amides is 3. The Bertz CT molecular complexity index is 918. The van der Waals surface area contributed by atoms with E-state index in [1.54, 1.807) is 7.05 Å². The van der Waals surface area contributed by atoms with Crippen LogP contribution in [0.15, 0.2) is 6.07 Å². The molecule has 0 aliphatic heterocycles. The zero-order valence-corrected chi connectivity index (χ0v) is 17.2. The van der Waals surface area contributed by atoms with E-state index < -0.39 is 21.6 Å². The molecule has 1 fully saturated rings. The minimum atomic E-state index is -3.86. The van der Waals surface area contributed by atoms with Crippen molar-refractivity contribution >= 4 is 27.6 Å². The van der Waals surface area contributed by atoms with E-state index in [9.17, 15) is 18.0 Å². The predicted octanol–water partition coefficient (Wildman–Crippen LogP) is 2.13. The van der Waals surface area contributed by atoms with Crippen LogP contribution in [0.1, 0.15) is 54.9 Å². The molecule has 0 heterocycles. The van der Waals surface area contributed by atoms with Crippen molar-refractivity contribution in [2.45, 2.75) is 63.8 Å². The molecule has 0 radical (unpaired) electrons. The average molecular weight is 406 g/mol. The van der Waals surface area contributed by atoms with Crippen LogP contribution in [0.3, 0.4) is 0 Å². The maximum absolute atomic E-state index is 12.6. The Kier molecular flexibility index (Phi) is 4.64. The van der Waals surface area contributed by atoms with Gasteiger partial charge in [-0.3, -0.25) is 4.79 Å². The summed E-state index contributed by atoms with van der Waals surface area (Å²) in [4.78, 5) is 25.7. The summed E-state index contributed by atoms with van der Waals surface area (Å²) in [6.07, 6.45) is 7.24. The van der Waals surface area contributed by atoms with Crippen LogP contribution in [-0.2, 0) is 40.5 Å². The fraction of sp³-hybridized carbons (Fsp3) is 0.600. The van der Waals surface area contributed by atoms with Crippen molar-refractivity contribution in [1.82, 2.24) is 9.62 Å². The summed E-state index contributed by atoms with van der Waals surface area (Å²) in [7, 11) is -2.25. The summed E-state index contributed by atoms with van der Waals surface area (Å²) in [6.45, 7) is 1.42. The van der Waals surface area contributed by atoms with E-state index in [0.717, 1.165) is 55.3 Å². The van der Waals surface area contributed by atoms with Crippen molar-refractivity contribution in [1.29, 1.82) is 0 Å². The number of aryl methyl sites for hydroxylation is 2. The van der Waals surface area contributed by atoms with Gasteiger partial charge in [0.2, 0.25) is 15.9 Å². The summed E-state index contributed by atoms with van der Waals surface area (Å²) in [5.74, 6) is -0.429. The molecule has 28 heavy (non-hydrogen) atoms. The first kappa shape index (κ1) is 19.2. The van der Waals surface area contributed by atoms with Crippen LogP contribution in [-0.4, -0.2) is 43.6 Å². The number of nitrogens with one attached hydrogen (secondary N) is 2. The Morgan fingerprint density at radius 3 is 2.14 bits per heavy atom. The summed E-state index contributed by atoms with van der Waals surface area (Å²) < 4.78 is 27.3. The van der Waals surface area contributed by atoms with Gasteiger partial charge >= 0.3 is 6.03 Å². The molecule has 0 unspecified atom stereocenters. The molecule has 3 amide bonds. The van der Waals surface area contributed by atoms with E-state index in [4.69, 9.17) is 0 Å². The van der Waals surface area contributed by atoms with Crippen LogP contribution >= 0.6 is 0 Å². The summed E-state index contributed by atoms with van der Waals surface area (Å²) >= 11 is 0. The first-order valence-electron chi connectivity index (χ1n) is 9.93. The summed E-state index contributed by atoms with van der Waals surface area (Å²) in [6, 6.07) is 1.55. The van der Waals surface area contributed by atoms with Crippen LogP contribution in [0, 0.1) is 0 Å². The van der Waals surface area contributed by atoms with Crippen molar-refractivity contribution in [2.75, 3.05) is 18.1 Å². The Labute approximate surface area is 165 Å². The van der Waals surface area contributed by atoms with Crippen molar-refractivity contribution in [2.24, 2.45) is 0 Å². The Balaban J connectivity index is 1.49. The van der Waals surface area contributed by atoms with E-state index in [1.807, 2.05) is 0 Å². The molecule has 2 N–H and O–H groups in total. The molecule has 8 heteroatoms. The third kappa shape index (κ3) is 3.50. The van der Waals surface area contributed by atoms with Gasteiger partial charge in [0.05, 0.1) is 11.3 Å². The minimum Gasteiger partial charge on any atom is -0.339 e. The molecule has 3 aliphatic rings. The third-order valence-corrected chi connectivity index (χ3v) is 7.84. The van der Waals surface area contributed by atoms with E-state index in [2.05, 4.69) is 16.1 Å². The lowest BCUT2D eigenvalue weighted by Crippen LogP contribution is -2.47. The second-order valence-corrected chi connectivity index (χ2v) is 10.1. The first-order chi connectivity index (χ1) is 13.2. The SMILES string of the molecule is CC(=O)N(C)C1(CS(=O)(=O)NC(=O)Nc2c3c(cc4c2CCC4)CCC3)CC1. The van der Waals surface area contributed by atoms with Crippen LogP contribution in [0.5, 0.6) is 0 Å². The highest BCUT2D eigenvalue weighted by atomic mass is 32.2. The molecule has 0 atom stereocenters. The van der Waals surface area contributed by atoms with Crippen molar-refractivity contribution < 1.29 is 18.0 Å². The number of sulfonamides is 1. The summed E-state index contributed by atoms with van der Waals surface area (Å²) in [5.41, 5.74) is 4.99. The molecule has 0 aromatic heterocycles. The number of anilines is 1. The van der Waals surface area contributed by atoms with Gasteiger partial charge in [0.25, 0.3) is 0 Å². The normalized spacial score (nSPS) is 18.9. The zero-order valence-electron chi connectivity index (χ0n) is 16.4.